The molecule has 0 bridgehead atoms. The second-order valence-electron chi connectivity index (χ2n) is 9.55. The Bertz CT molecular complexity index is 1550. The lowest BCUT2D eigenvalue weighted by Crippen LogP contribution is -2.15. The van der Waals surface area contributed by atoms with Gasteiger partial charge in [0.05, 0.1) is 23.0 Å². The summed E-state index contributed by atoms with van der Waals surface area (Å²) in [6.07, 6.45) is 10.4. The van der Waals surface area contributed by atoms with Gasteiger partial charge in [0.1, 0.15) is 0 Å². The van der Waals surface area contributed by atoms with Crippen LogP contribution in [0, 0.1) is 11.9 Å². The Morgan fingerprint density at radius 1 is 1.10 bits per heavy atom. The minimum atomic E-state index is -0.417. The second kappa shape index (κ2) is 12.8. The van der Waals surface area contributed by atoms with Crippen LogP contribution in [0.25, 0.3) is 28.1 Å². The molecule has 7 heteroatoms. The molecule has 5 rings (SSSR count). The number of halogens is 2. The highest BCUT2D eigenvalue weighted by atomic mass is 127. The summed E-state index contributed by atoms with van der Waals surface area (Å²) in [5.74, 6) is 0.0573. The lowest BCUT2D eigenvalue weighted by atomic mass is 9.73. The Balaban J connectivity index is 1.64. The Labute approximate surface area is 244 Å². The maximum absolute atomic E-state index is 14.9. The van der Waals surface area contributed by atoms with Crippen molar-refractivity contribution >= 4 is 62.3 Å². The van der Waals surface area contributed by atoms with Gasteiger partial charge in [-0.15, -0.1) is 5.10 Å². The first-order valence-corrected chi connectivity index (χ1v) is 17.3. The molecule has 1 unspecified atom stereocenters. The number of nitrogens with one attached hydrogen (secondary N) is 1. The van der Waals surface area contributed by atoms with Gasteiger partial charge in [0.2, 0.25) is 5.95 Å². The maximum Gasteiger partial charge on any atom is 0.240 e. The zero-order chi connectivity index (χ0) is 27.2. The zero-order valence-corrected chi connectivity index (χ0v) is 25.0. The van der Waals surface area contributed by atoms with E-state index in [2.05, 4.69) is 118 Å². The van der Waals surface area contributed by atoms with E-state index in [4.69, 9.17) is 0 Å². The highest BCUT2D eigenvalue weighted by Gasteiger charge is 2.27. The smallest absolute Gasteiger partial charge is 0.240 e. The van der Waals surface area contributed by atoms with Crippen LogP contribution in [0.1, 0.15) is 54.9 Å². The summed E-state index contributed by atoms with van der Waals surface area (Å²) in [5.41, 5.74) is 11.5. The van der Waals surface area contributed by atoms with Crippen LogP contribution in [-0.4, -0.2) is 15.3 Å². The van der Waals surface area contributed by atoms with Crippen molar-refractivity contribution in [1.82, 2.24) is 15.0 Å². The summed E-state index contributed by atoms with van der Waals surface area (Å²) < 4.78 is 16.7. The number of nitrogens with zero attached hydrogens (tertiary/aromatic N) is 3. The van der Waals surface area contributed by atoms with E-state index < -0.39 is 5.95 Å². The van der Waals surface area contributed by atoms with Crippen LogP contribution in [-0.2, 0) is 0 Å². The molecule has 0 amide bonds. The number of fused-ring (bicyclic) bond motifs is 1. The van der Waals surface area contributed by atoms with Crippen LogP contribution in [0.5, 0.6) is 0 Å². The third-order valence-corrected chi connectivity index (χ3v) is 9.07. The molecule has 0 spiro atoms. The molecule has 0 saturated heterocycles. The van der Waals surface area contributed by atoms with E-state index in [0.29, 0.717) is 17.7 Å². The molecule has 3 aromatic carbocycles. The molecule has 1 aliphatic rings. The molecule has 1 fully saturated rings. The predicted octanol–water partition coefficient (Wildman–Crippen LogP) is 9.24. The molecule has 0 radical (unpaired) electrons. The van der Waals surface area contributed by atoms with Crippen LogP contribution in [0.4, 0.5) is 4.39 Å². The number of rotatable bonds is 10. The van der Waals surface area contributed by atoms with Gasteiger partial charge < -0.3 is 0 Å². The van der Waals surface area contributed by atoms with Gasteiger partial charge in [-0.1, -0.05) is 86.7 Å². The van der Waals surface area contributed by atoms with Crippen LogP contribution < -0.4 is 5.43 Å². The molecule has 4 aromatic rings. The minimum absolute atomic E-state index is 0.342. The zero-order valence-electron chi connectivity index (χ0n) is 21.9. The third-order valence-electron chi connectivity index (χ3n) is 7.20. The van der Waals surface area contributed by atoms with Crippen LogP contribution >= 0.6 is 28.4 Å². The Morgan fingerprint density at radius 3 is 2.49 bits per heavy atom. The van der Waals surface area contributed by atoms with Crippen molar-refractivity contribution in [1.29, 1.82) is 0 Å². The van der Waals surface area contributed by atoms with Crippen molar-refractivity contribution in [2.75, 3.05) is 0 Å². The van der Waals surface area contributed by atoms with Gasteiger partial charge in [0, 0.05) is 6.20 Å². The molecule has 1 atom stereocenters. The van der Waals surface area contributed by atoms with Crippen LogP contribution in [0.3, 0.4) is 0 Å². The average molecular weight is 649 g/mol. The number of hydrazone groups is 1. The quantitative estimate of drug-likeness (QED) is 0.0613. The van der Waals surface area contributed by atoms with Crippen molar-refractivity contribution < 1.29 is 4.39 Å². The van der Waals surface area contributed by atoms with Crippen molar-refractivity contribution in [2.24, 2.45) is 11.0 Å². The lowest BCUT2D eigenvalue weighted by molar-refractivity contribution is 0.401. The molecule has 1 N–H and O–H groups in total. The fraction of sp³-hybridized carbons (Fsp3) is 0.188. The summed E-state index contributed by atoms with van der Waals surface area (Å²) in [4.78, 5) is 0. The summed E-state index contributed by atoms with van der Waals surface area (Å²) in [6, 6.07) is 25.4. The first kappa shape index (κ1) is 27.5. The maximum atomic E-state index is 14.9. The van der Waals surface area contributed by atoms with Gasteiger partial charge in [0.15, 0.2) is 0 Å². The van der Waals surface area contributed by atoms with Crippen molar-refractivity contribution in [3.8, 4) is 0 Å². The molecule has 198 valence electrons. The first-order chi connectivity index (χ1) is 19.1. The van der Waals surface area contributed by atoms with Crippen molar-refractivity contribution in [3.63, 3.8) is 0 Å². The fourth-order valence-electron chi connectivity index (χ4n) is 4.99. The summed E-state index contributed by atoms with van der Waals surface area (Å²) in [6.45, 7) is 5.72. The molecular formula is C32H31FIN4P. The molecule has 1 aliphatic carbocycles. The molecule has 1 heterocycles. The van der Waals surface area contributed by atoms with Gasteiger partial charge >= 0.3 is 0 Å². The Kier molecular flexibility index (Phi) is 9.05. The molecular weight excluding hydrogens is 617 g/mol. The number of benzene rings is 3. The van der Waals surface area contributed by atoms with Gasteiger partial charge in [-0.2, -0.15) is 9.49 Å². The van der Waals surface area contributed by atoms with E-state index in [-0.39, 0.29) is 0 Å². The number of hydrogen-bond donors (Lipinski definition) is 1. The van der Waals surface area contributed by atoms with E-state index in [0.717, 1.165) is 47.2 Å². The monoisotopic (exact) mass is 648 g/mol. The number of aromatic nitrogens is 2. The third kappa shape index (κ3) is 6.07. The van der Waals surface area contributed by atoms with Crippen molar-refractivity contribution in [3.05, 3.63) is 120 Å². The number of allylic oxidation sites excluding steroid dienone is 2. The average Bonchev–Trinajstić information content (AvgIpc) is 3.28. The van der Waals surface area contributed by atoms with Gasteiger partial charge in [-0.3, -0.25) is 5.43 Å². The highest BCUT2D eigenvalue weighted by Crippen LogP contribution is 2.45. The van der Waals surface area contributed by atoms with E-state index in [9.17, 15) is 4.39 Å². The normalized spacial score (nSPS) is 15.2. The summed E-state index contributed by atoms with van der Waals surface area (Å²) >= 11 is 2.24. The second-order valence-corrected chi connectivity index (χ2v) is 11.6. The van der Waals surface area contributed by atoms with E-state index in [1.54, 1.807) is 10.7 Å². The Morgan fingerprint density at radius 2 is 1.85 bits per heavy atom. The van der Waals surface area contributed by atoms with Gasteiger partial charge in [-0.25, -0.2) is 4.45 Å². The molecule has 0 aliphatic heterocycles. The first-order valence-electron chi connectivity index (χ1n) is 13.2. The van der Waals surface area contributed by atoms with Gasteiger partial charge in [-0.05, 0) is 98.8 Å². The molecule has 39 heavy (non-hydrogen) atoms. The topological polar surface area (TPSA) is 42.2 Å². The van der Waals surface area contributed by atoms with E-state index in [1.807, 2.05) is 18.2 Å². The standard InChI is InChI=1S/C32H31FIN4P/c1-3-27(36-35-4-2)19-15-22-13-16-25(17-14-22)31(30(24-11-8-12-24)23-9-6-5-7-10-23)26-18-20-29-28(21-26)32(33)37-38(29)39-34/h4-7,9-10,13-21,24,35,39H,2-3,8,11-12H2,1H3/b19-15+,31-30-,36-27+. The fourth-order valence-corrected chi connectivity index (χ4v) is 6.51. The van der Waals surface area contributed by atoms with Gasteiger partial charge in [0.25, 0.3) is 0 Å². The highest BCUT2D eigenvalue weighted by molar-refractivity contribution is 14.2. The Hall–Kier alpha value is -3.09. The van der Waals surface area contributed by atoms with E-state index >= 15 is 0 Å². The van der Waals surface area contributed by atoms with E-state index in [1.165, 1.54) is 23.1 Å². The molecule has 1 aromatic heterocycles. The molecule has 1 saturated carbocycles. The molecule has 4 nitrogen and oxygen atoms in total. The minimum Gasteiger partial charge on any atom is -0.286 e. The summed E-state index contributed by atoms with van der Waals surface area (Å²) in [5, 5.41) is 9.00. The summed E-state index contributed by atoms with van der Waals surface area (Å²) in [7, 11) is 0. The van der Waals surface area contributed by atoms with Crippen LogP contribution in [0.2, 0.25) is 0 Å². The number of hydrogen-bond acceptors (Lipinski definition) is 3. The SMILES string of the molecule is C=CN/N=C(/C=C/c1ccc(/C(=C(\c2ccccc2)C2CCC2)c2ccc3c(c2)c(F)nn3PI)cc1)CC. The van der Waals surface area contributed by atoms with Crippen LogP contribution in [0.15, 0.2) is 96.8 Å². The predicted molar refractivity (Wildman–Crippen MR) is 174 cm³/mol. The largest absolute Gasteiger partial charge is 0.286 e. The van der Waals surface area contributed by atoms with Crippen molar-refractivity contribution in [2.45, 2.75) is 32.6 Å². The lowest BCUT2D eigenvalue weighted by Gasteiger charge is -2.31.